The Labute approximate surface area is 209 Å². The highest BCUT2D eigenvalue weighted by Gasteiger charge is 2.45. The van der Waals surface area contributed by atoms with Gasteiger partial charge in [0.05, 0.1) is 12.1 Å². The van der Waals surface area contributed by atoms with Crippen molar-refractivity contribution >= 4 is 14.4 Å². The van der Waals surface area contributed by atoms with Crippen molar-refractivity contribution in [3.63, 3.8) is 0 Å². The summed E-state index contributed by atoms with van der Waals surface area (Å²) >= 11 is 0. The first-order chi connectivity index (χ1) is 15.7. The van der Waals surface area contributed by atoms with E-state index in [4.69, 9.17) is 9.16 Å². The summed E-state index contributed by atoms with van der Waals surface area (Å²) < 4.78 is 13.1. The molecule has 1 aromatic carbocycles. The number of ether oxygens (including phenoxy) is 1. The van der Waals surface area contributed by atoms with Gasteiger partial charge in [-0.3, -0.25) is 4.90 Å². The van der Waals surface area contributed by atoms with E-state index in [1.165, 1.54) is 0 Å². The van der Waals surface area contributed by atoms with Crippen LogP contribution in [-0.4, -0.2) is 37.0 Å². The molecule has 0 bridgehead atoms. The lowest BCUT2D eigenvalue weighted by Crippen LogP contribution is -2.55. The smallest absolute Gasteiger partial charge is 0.410 e. The molecule has 0 heterocycles. The zero-order chi connectivity index (χ0) is 25.7. The predicted molar refractivity (Wildman–Crippen MR) is 145 cm³/mol. The molecule has 4 nitrogen and oxygen atoms in total. The minimum Gasteiger partial charge on any atom is -0.444 e. The van der Waals surface area contributed by atoms with Gasteiger partial charge in [-0.05, 0) is 69.6 Å². The Kier molecular flexibility index (Phi) is 9.40. The van der Waals surface area contributed by atoms with Gasteiger partial charge in [0.25, 0.3) is 0 Å². The summed E-state index contributed by atoms with van der Waals surface area (Å²) in [5.74, 6) is 0.328. The summed E-state index contributed by atoms with van der Waals surface area (Å²) in [5.41, 5.74) is 0.511. The van der Waals surface area contributed by atoms with Gasteiger partial charge < -0.3 is 9.16 Å². The van der Waals surface area contributed by atoms with Crippen LogP contribution >= 0.6 is 0 Å². The third kappa shape index (κ3) is 7.32. The van der Waals surface area contributed by atoms with E-state index < -0.39 is 13.9 Å². The van der Waals surface area contributed by atoms with Gasteiger partial charge in [-0.1, -0.05) is 76.3 Å². The number of hydrogen-bond acceptors (Lipinski definition) is 3. The first-order valence-corrected chi connectivity index (χ1v) is 15.6. The Hall–Kier alpha value is -1.85. The fourth-order valence-electron chi connectivity index (χ4n) is 4.21. The van der Waals surface area contributed by atoms with Crippen molar-refractivity contribution in [3.05, 3.63) is 60.7 Å². The SMILES string of the molecule is C=CC[C@H](C(O[Si](C)(C)C(C)(C)C)c1ccccc1)N(C(=O)OC(C)(C)C)C1CC=CC[C@H]1C. The van der Waals surface area contributed by atoms with Crippen molar-refractivity contribution in [2.45, 2.75) is 110 Å². The first kappa shape index (κ1) is 28.4. The molecule has 1 aliphatic carbocycles. The van der Waals surface area contributed by atoms with Gasteiger partial charge in [-0.2, -0.15) is 0 Å². The monoisotopic (exact) mass is 485 g/mol. The Morgan fingerprint density at radius 2 is 1.71 bits per heavy atom. The van der Waals surface area contributed by atoms with E-state index in [1.807, 2.05) is 49.9 Å². The van der Waals surface area contributed by atoms with Gasteiger partial charge in [-0.15, -0.1) is 6.58 Å². The molecule has 190 valence electrons. The molecule has 2 rings (SSSR count). The molecule has 1 amide bonds. The first-order valence-electron chi connectivity index (χ1n) is 12.7. The zero-order valence-electron chi connectivity index (χ0n) is 22.9. The van der Waals surface area contributed by atoms with Crippen molar-refractivity contribution in [2.75, 3.05) is 0 Å². The number of amides is 1. The predicted octanol–water partition coefficient (Wildman–Crippen LogP) is 8.29. The maximum absolute atomic E-state index is 13.8. The van der Waals surface area contributed by atoms with Gasteiger partial charge in [0, 0.05) is 6.04 Å². The quantitative estimate of drug-likeness (QED) is 0.275. The van der Waals surface area contributed by atoms with Crippen LogP contribution in [0.1, 0.15) is 79.4 Å². The molecule has 0 saturated carbocycles. The van der Waals surface area contributed by atoms with E-state index in [2.05, 4.69) is 71.7 Å². The molecular weight excluding hydrogens is 438 g/mol. The van der Waals surface area contributed by atoms with Crippen LogP contribution in [0.2, 0.25) is 18.1 Å². The largest absolute Gasteiger partial charge is 0.444 e. The molecule has 0 radical (unpaired) electrons. The van der Waals surface area contributed by atoms with Gasteiger partial charge in [-0.25, -0.2) is 4.79 Å². The van der Waals surface area contributed by atoms with Crippen LogP contribution in [-0.2, 0) is 9.16 Å². The van der Waals surface area contributed by atoms with E-state index >= 15 is 0 Å². The lowest BCUT2D eigenvalue weighted by Gasteiger charge is -2.47. The summed E-state index contributed by atoms with van der Waals surface area (Å²) in [4.78, 5) is 15.8. The average molecular weight is 486 g/mol. The van der Waals surface area contributed by atoms with Crippen molar-refractivity contribution in [1.29, 1.82) is 0 Å². The van der Waals surface area contributed by atoms with E-state index in [1.54, 1.807) is 0 Å². The highest BCUT2D eigenvalue weighted by molar-refractivity contribution is 6.74. The summed E-state index contributed by atoms with van der Waals surface area (Å²) in [6.45, 7) is 23.4. The number of rotatable bonds is 8. The third-order valence-corrected chi connectivity index (χ3v) is 11.6. The molecule has 2 unspecified atom stereocenters. The van der Waals surface area contributed by atoms with Gasteiger partial charge in [0.15, 0.2) is 8.32 Å². The van der Waals surface area contributed by atoms with Crippen LogP contribution in [0, 0.1) is 5.92 Å². The van der Waals surface area contributed by atoms with E-state index in [9.17, 15) is 4.79 Å². The maximum Gasteiger partial charge on any atom is 0.410 e. The Balaban J connectivity index is 2.64. The summed E-state index contributed by atoms with van der Waals surface area (Å²) in [6.07, 6.45) is 8.17. The second kappa shape index (κ2) is 11.3. The zero-order valence-corrected chi connectivity index (χ0v) is 23.9. The minimum absolute atomic E-state index is 0.0381. The molecule has 0 aromatic heterocycles. The topological polar surface area (TPSA) is 38.8 Å². The average Bonchev–Trinajstić information content (AvgIpc) is 2.71. The van der Waals surface area contributed by atoms with E-state index in [0.717, 1.165) is 18.4 Å². The fourth-order valence-corrected chi connectivity index (χ4v) is 5.50. The van der Waals surface area contributed by atoms with Crippen LogP contribution in [0.25, 0.3) is 0 Å². The number of benzene rings is 1. The molecule has 34 heavy (non-hydrogen) atoms. The minimum atomic E-state index is -2.16. The van der Waals surface area contributed by atoms with Crippen LogP contribution in [0.5, 0.6) is 0 Å². The van der Waals surface area contributed by atoms with E-state index in [0.29, 0.717) is 12.3 Å². The van der Waals surface area contributed by atoms with E-state index in [-0.39, 0.29) is 29.3 Å². The molecule has 5 heteroatoms. The van der Waals surface area contributed by atoms with Crippen molar-refractivity contribution in [3.8, 4) is 0 Å². The Morgan fingerprint density at radius 1 is 1.12 bits per heavy atom. The summed E-state index contributed by atoms with van der Waals surface area (Å²) in [5, 5.41) is 0.0381. The number of carbonyl (C=O) groups excluding carboxylic acids is 1. The summed E-state index contributed by atoms with van der Waals surface area (Å²) in [7, 11) is -2.16. The standard InChI is InChI=1S/C29H47NO3Si/c1-11-17-25(26(23-19-13-12-14-20-23)33-34(9,10)29(6,7)8)30(27(31)32-28(3,4)5)24-21-16-15-18-22(24)2/h11-16,19-20,22,24-26H,1,17-18,21H2,2-10H3/t22-,24?,25-,26?/m1/s1. The normalized spacial score (nSPS) is 21.0. The Bertz CT molecular complexity index is 835. The number of nitrogens with zero attached hydrogens (tertiary/aromatic N) is 1. The van der Waals surface area contributed by atoms with Crippen LogP contribution in [0.15, 0.2) is 55.1 Å². The molecule has 4 atom stereocenters. The molecule has 0 saturated heterocycles. The highest BCUT2D eigenvalue weighted by atomic mass is 28.4. The van der Waals surface area contributed by atoms with Crippen LogP contribution < -0.4 is 0 Å². The van der Waals surface area contributed by atoms with Gasteiger partial charge >= 0.3 is 6.09 Å². The van der Waals surface area contributed by atoms with Crippen LogP contribution in [0.4, 0.5) is 4.79 Å². The number of carbonyl (C=O) groups is 1. The van der Waals surface area contributed by atoms with Crippen LogP contribution in [0.3, 0.4) is 0 Å². The third-order valence-electron chi connectivity index (χ3n) is 7.14. The molecule has 0 aliphatic heterocycles. The molecular formula is C29H47NO3Si. The Morgan fingerprint density at radius 3 is 2.21 bits per heavy atom. The van der Waals surface area contributed by atoms with Crippen molar-refractivity contribution in [2.24, 2.45) is 5.92 Å². The van der Waals surface area contributed by atoms with Gasteiger partial charge in [0.2, 0.25) is 0 Å². The number of allylic oxidation sites excluding steroid dienone is 1. The molecule has 0 N–H and O–H groups in total. The molecule has 0 spiro atoms. The molecule has 1 aromatic rings. The fraction of sp³-hybridized carbons (Fsp3) is 0.621. The maximum atomic E-state index is 13.8. The van der Waals surface area contributed by atoms with Crippen molar-refractivity contribution < 1.29 is 14.0 Å². The lowest BCUT2D eigenvalue weighted by atomic mass is 9.87. The molecule has 1 aliphatic rings. The molecule has 0 fully saturated rings. The summed E-state index contributed by atoms with van der Waals surface area (Å²) in [6, 6.07) is 10.2. The number of hydrogen-bond donors (Lipinski definition) is 0. The van der Waals surface area contributed by atoms with Crippen molar-refractivity contribution in [1.82, 2.24) is 4.90 Å². The second-order valence-electron chi connectivity index (χ2n) is 12.2. The highest BCUT2D eigenvalue weighted by Crippen LogP contribution is 2.43. The second-order valence-corrected chi connectivity index (χ2v) is 16.9. The lowest BCUT2D eigenvalue weighted by molar-refractivity contribution is -0.0254. The van der Waals surface area contributed by atoms with Gasteiger partial charge in [0.1, 0.15) is 5.60 Å².